The Morgan fingerprint density at radius 3 is 2.81 bits per heavy atom. The predicted octanol–water partition coefficient (Wildman–Crippen LogP) is 1.75. The second kappa shape index (κ2) is 6.89. The van der Waals surface area contributed by atoms with Gasteiger partial charge in [-0.2, -0.15) is 0 Å². The Kier molecular flexibility index (Phi) is 5.17. The number of nitrogens with one attached hydrogen (secondary N) is 1. The summed E-state index contributed by atoms with van der Waals surface area (Å²) < 4.78 is 1.62. The molecule has 1 aromatic carbocycles. The molecule has 112 valence electrons. The summed E-state index contributed by atoms with van der Waals surface area (Å²) >= 11 is 11.9. The number of amides is 1. The maximum atomic E-state index is 11.3. The average Bonchev–Trinajstić information content (AvgIpc) is 2.90. The third-order valence-corrected chi connectivity index (χ3v) is 3.57. The topological polar surface area (TPSA) is 63.1 Å². The maximum Gasteiger partial charge on any atom is 0.233 e. The summed E-state index contributed by atoms with van der Waals surface area (Å²) in [5, 5.41) is 11.7. The molecule has 0 unspecified atom stereocenters. The second-order valence-corrected chi connectivity index (χ2v) is 5.41. The third kappa shape index (κ3) is 4.17. The van der Waals surface area contributed by atoms with Crippen molar-refractivity contribution in [3.05, 3.63) is 40.1 Å². The molecule has 21 heavy (non-hydrogen) atoms. The highest BCUT2D eigenvalue weighted by Crippen LogP contribution is 2.24. The molecular formula is C13H15Cl2N5O. The molecule has 0 atom stereocenters. The number of carbonyl (C=O) groups excluding carboxylic acids is 1. The fraction of sp³-hybridized carbons (Fsp3) is 0.308. The van der Waals surface area contributed by atoms with Gasteiger partial charge in [0.15, 0.2) is 0 Å². The van der Waals surface area contributed by atoms with Crippen LogP contribution in [0.1, 0.15) is 5.69 Å². The summed E-state index contributed by atoms with van der Waals surface area (Å²) in [5.41, 5.74) is 1.53. The van der Waals surface area contributed by atoms with Crippen LogP contribution in [0.5, 0.6) is 0 Å². The van der Waals surface area contributed by atoms with E-state index in [9.17, 15) is 4.79 Å². The first-order chi connectivity index (χ1) is 9.99. The fourth-order valence-electron chi connectivity index (χ4n) is 1.78. The molecule has 1 N–H and O–H groups in total. The lowest BCUT2D eigenvalue weighted by Gasteiger charge is -2.13. The van der Waals surface area contributed by atoms with Gasteiger partial charge in [-0.25, -0.2) is 4.68 Å². The standard InChI is InChI=1S/C13H15Cl2N5O/c1-16-13(21)8-19(2)6-9-7-20(18-17-9)10-3-4-11(14)12(15)5-10/h3-5,7H,6,8H2,1-2H3,(H,16,21). The number of nitrogens with zero attached hydrogens (tertiary/aromatic N) is 4. The molecule has 1 amide bonds. The molecule has 0 aliphatic carbocycles. The van der Waals surface area contributed by atoms with E-state index in [2.05, 4.69) is 15.6 Å². The second-order valence-electron chi connectivity index (χ2n) is 4.60. The van der Waals surface area contributed by atoms with Crippen molar-refractivity contribution < 1.29 is 4.79 Å². The summed E-state index contributed by atoms with van der Waals surface area (Å²) in [5.74, 6) is -0.0469. The Balaban J connectivity index is 2.07. The highest BCUT2D eigenvalue weighted by molar-refractivity contribution is 6.42. The van der Waals surface area contributed by atoms with Crippen LogP contribution in [-0.4, -0.2) is 46.4 Å². The zero-order valence-corrected chi connectivity index (χ0v) is 13.2. The lowest BCUT2D eigenvalue weighted by atomic mass is 10.3. The van der Waals surface area contributed by atoms with Crippen molar-refractivity contribution in [3.63, 3.8) is 0 Å². The first kappa shape index (κ1) is 15.8. The van der Waals surface area contributed by atoms with Crippen molar-refractivity contribution in [3.8, 4) is 5.69 Å². The average molecular weight is 328 g/mol. The number of carbonyl (C=O) groups is 1. The van der Waals surface area contributed by atoms with Crippen LogP contribution >= 0.6 is 23.2 Å². The Morgan fingerprint density at radius 1 is 1.38 bits per heavy atom. The molecule has 0 radical (unpaired) electrons. The van der Waals surface area contributed by atoms with Crippen LogP contribution in [0.4, 0.5) is 0 Å². The molecule has 2 aromatic rings. The molecule has 0 fully saturated rings. The number of halogens is 2. The normalized spacial score (nSPS) is 10.9. The van der Waals surface area contributed by atoms with Crippen LogP contribution in [0, 0.1) is 0 Å². The van der Waals surface area contributed by atoms with Crippen molar-refractivity contribution in [1.82, 2.24) is 25.2 Å². The summed E-state index contributed by atoms with van der Waals surface area (Å²) in [6.07, 6.45) is 1.79. The Bertz CT molecular complexity index is 643. The Morgan fingerprint density at radius 2 is 2.14 bits per heavy atom. The summed E-state index contributed by atoms with van der Waals surface area (Å²) in [6, 6.07) is 5.23. The van der Waals surface area contributed by atoms with E-state index in [0.29, 0.717) is 23.1 Å². The van der Waals surface area contributed by atoms with Crippen molar-refractivity contribution in [1.29, 1.82) is 0 Å². The van der Waals surface area contributed by atoms with Crippen LogP contribution in [-0.2, 0) is 11.3 Å². The summed E-state index contributed by atoms with van der Waals surface area (Å²) in [7, 11) is 3.45. The van der Waals surface area contributed by atoms with Crippen molar-refractivity contribution >= 4 is 29.1 Å². The smallest absolute Gasteiger partial charge is 0.233 e. The predicted molar refractivity (Wildman–Crippen MR) is 81.8 cm³/mol. The minimum atomic E-state index is -0.0469. The van der Waals surface area contributed by atoms with Gasteiger partial charge in [0.25, 0.3) is 0 Å². The van der Waals surface area contributed by atoms with E-state index in [1.54, 1.807) is 36.1 Å². The van der Waals surface area contributed by atoms with Gasteiger partial charge in [-0.15, -0.1) is 5.10 Å². The molecular weight excluding hydrogens is 313 g/mol. The van der Waals surface area contributed by atoms with E-state index in [0.717, 1.165) is 11.4 Å². The quantitative estimate of drug-likeness (QED) is 0.908. The highest BCUT2D eigenvalue weighted by atomic mass is 35.5. The monoisotopic (exact) mass is 327 g/mol. The number of hydrogen-bond acceptors (Lipinski definition) is 4. The molecule has 0 aliphatic heterocycles. The highest BCUT2D eigenvalue weighted by Gasteiger charge is 2.09. The first-order valence-corrected chi connectivity index (χ1v) is 7.01. The van der Waals surface area contributed by atoms with Crippen LogP contribution in [0.25, 0.3) is 5.69 Å². The minimum Gasteiger partial charge on any atom is -0.358 e. The zero-order valence-electron chi connectivity index (χ0n) is 11.7. The van der Waals surface area contributed by atoms with Gasteiger partial charge in [0.05, 0.1) is 34.2 Å². The number of benzene rings is 1. The van der Waals surface area contributed by atoms with Crippen LogP contribution < -0.4 is 5.32 Å². The molecule has 6 nitrogen and oxygen atoms in total. The van der Waals surface area contributed by atoms with Crippen molar-refractivity contribution in [2.24, 2.45) is 0 Å². The zero-order chi connectivity index (χ0) is 15.4. The minimum absolute atomic E-state index is 0.0469. The largest absolute Gasteiger partial charge is 0.358 e. The SMILES string of the molecule is CNC(=O)CN(C)Cc1cn(-c2ccc(Cl)c(Cl)c2)nn1. The number of hydrogen-bond donors (Lipinski definition) is 1. The van der Waals surface area contributed by atoms with E-state index in [1.165, 1.54) is 0 Å². The molecule has 2 rings (SSSR count). The van der Waals surface area contributed by atoms with E-state index >= 15 is 0 Å². The molecule has 0 aliphatic rings. The molecule has 0 bridgehead atoms. The van der Waals surface area contributed by atoms with Gasteiger partial charge in [-0.05, 0) is 25.2 Å². The van der Waals surface area contributed by atoms with E-state index in [1.807, 2.05) is 11.9 Å². The maximum absolute atomic E-state index is 11.3. The number of rotatable bonds is 5. The van der Waals surface area contributed by atoms with Crippen molar-refractivity contribution in [2.75, 3.05) is 20.6 Å². The Hall–Kier alpha value is -1.63. The van der Waals surface area contributed by atoms with Crippen LogP contribution in [0.15, 0.2) is 24.4 Å². The molecule has 8 heteroatoms. The third-order valence-electron chi connectivity index (χ3n) is 2.83. The van der Waals surface area contributed by atoms with Crippen molar-refractivity contribution in [2.45, 2.75) is 6.54 Å². The lowest BCUT2D eigenvalue weighted by Crippen LogP contribution is -2.32. The van der Waals surface area contributed by atoms with Gasteiger partial charge < -0.3 is 5.32 Å². The van der Waals surface area contributed by atoms with Gasteiger partial charge >= 0.3 is 0 Å². The van der Waals surface area contributed by atoms with E-state index < -0.39 is 0 Å². The van der Waals surface area contributed by atoms with Crippen LogP contribution in [0.3, 0.4) is 0 Å². The van der Waals surface area contributed by atoms with Gasteiger partial charge in [-0.1, -0.05) is 28.4 Å². The van der Waals surface area contributed by atoms with Gasteiger partial charge in [0.2, 0.25) is 5.91 Å². The summed E-state index contributed by atoms with van der Waals surface area (Å²) in [4.78, 5) is 13.1. The first-order valence-electron chi connectivity index (χ1n) is 6.25. The van der Waals surface area contributed by atoms with Gasteiger partial charge in [0.1, 0.15) is 0 Å². The number of aromatic nitrogens is 3. The fourth-order valence-corrected chi connectivity index (χ4v) is 2.07. The molecule has 0 spiro atoms. The summed E-state index contributed by atoms with van der Waals surface area (Å²) in [6.45, 7) is 0.824. The van der Waals surface area contributed by atoms with Gasteiger partial charge in [0, 0.05) is 13.6 Å². The van der Waals surface area contributed by atoms with E-state index in [-0.39, 0.29) is 5.91 Å². The Labute approximate surface area is 132 Å². The molecule has 1 heterocycles. The molecule has 1 aromatic heterocycles. The van der Waals surface area contributed by atoms with E-state index in [4.69, 9.17) is 23.2 Å². The lowest BCUT2D eigenvalue weighted by molar-refractivity contribution is -0.121. The van der Waals surface area contributed by atoms with Gasteiger partial charge in [-0.3, -0.25) is 9.69 Å². The van der Waals surface area contributed by atoms with Crippen LogP contribution in [0.2, 0.25) is 10.0 Å². The molecule has 0 saturated carbocycles. The number of likely N-dealkylation sites (N-methyl/N-ethyl adjacent to an activating group) is 2. The molecule has 0 saturated heterocycles.